The highest BCUT2D eigenvalue weighted by Crippen LogP contribution is 2.28. The van der Waals surface area contributed by atoms with Gasteiger partial charge in [0.25, 0.3) is 0 Å². The van der Waals surface area contributed by atoms with E-state index in [9.17, 15) is 14.0 Å². The Kier molecular flexibility index (Phi) is 4.77. The van der Waals surface area contributed by atoms with Gasteiger partial charge >= 0.3 is 0 Å². The van der Waals surface area contributed by atoms with Gasteiger partial charge in [0, 0.05) is 30.2 Å². The quantitative estimate of drug-likeness (QED) is 0.780. The van der Waals surface area contributed by atoms with E-state index >= 15 is 0 Å². The van der Waals surface area contributed by atoms with Gasteiger partial charge in [-0.05, 0) is 30.2 Å². The molecular weight excluding hydrogens is 339 g/mol. The smallest absolute Gasteiger partial charge is 0.246 e. The van der Waals surface area contributed by atoms with Crippen molar-refractivity contribution in [3.05, 3.63) is 46.2 Å². The largest absolute Gasteiger partial charge is 0.336 e. The Morgan fingerprint density at radius 2 is 2.19 bits per heavy atom. The van der Waals surface area contributed by atoms with Gasteiger partial charge in [0.05, 0.1) is 6.54 Å². The third-order valence-electron chi connectivity index (χ3n) is 3.57. The maximum Gasteiger partial charge on any atom is 0.246 e. The van der Waals surface area contributed by atoms with Gasteiger partial charge in [-0.1, -0.05) is 22.5 Å². The Bertz CT molecular complexity index is 604. The molecule has 6 heteroatoms. The number of rotatable bonds is 3. The fraction of sp³-hybridized carbons (Fsp3) is 0.333. The summed E-state index contributed by atoms with van der Waals surface area (Å²) >= 11 is 3.41. The van der Waals surface area contributed by atoms with Crippen LogP contribution in [0.5, 0.6) is 0 Å². The summed E-state index contributed by atoms with van der Waals surface area (Å²) < 4.78 is 14.8. The Morgan fingerprint density at radius 3 is 2.86 bits per heavy atom. The van der Waals surface area contributed by atoms with Crippen LogP contribution >= 0.6 is 15.9 Å². The number of amides is 2. The van der Waals surface area contributed by atoms with Gasteiger partial charge < -0.3 is 9.80 Å². The molecular formula is C15H16BrFN2O2. The van der Waals surface area contributed by atoms with Crippen molar-refractivity contribution in [1.82, 2.24) is 9.80 Å². The lowest BCUT2D eigenvalue weighted by atomic mass is 9.99. The first kappa shape index (κ1) is 15.7. The number of hydrogen-bond donors (Lipinski definition) is 0. The fourth-order valence-electron chi connectivity index (χ4n) is 2.34. The lowest BCUT2D eigenvalue weighted by Gasteiger charge is -2.31. The standard InChI is InChI=1S/C15H16BrFN2O2/c1-3-14(20)18(2)9-15(21)19-7-6-10-11(8-19)13(17)5-4-12(10)16/h3-5H,1,6-9H2,2H3. The number of halogens is 2. The maximum absolute atomic E-state index is 13.9. The molecule has 1 aromatic rings. The van der Waals surface area contributed by atoms with Crippen LogP contribution < -0.4 is 0 Å². The summed E-state index contributed by atoms with van der Waals surface area (Å²) in [6.07, 6.45) is 1.76. The van der Waals surface area contributed by atoms with Crippen LogP contribution in [0.2, 0.25) is 0 Å². The summed E-state index contributed by atoms with van der Waals surface area (Å²) in [5.74, 6) is -0.811. The number of carbonyl (C=O) groups is 2. The first-order valence-corrected chi connectivity index (χ1v) is 7.34. The van der Waals surface area contributed by atoms with E-state index in [-0.39, 0.29) is 30.7 Å². The van der Waals surface area contributed by atoms with Crippen molar-refractivity contribution in [1.29, 1.82) is 0 Å². The maximum atomic E-state index is 13.9. The van der Waals surface area contributed by atoms with Gasteiger partial charge in [-0.2, -0.15) is 0 Å². The number of fused-ring (bicyclic) bond motifs is 1. The van der Waals surface area contributed by atoms with Crippen molar-refractivity contribution >= 4 is 27.7 Å². The van der Waals surface area contributed by atoms with Crippen LogP contribution in [0.4, 0.5) is 4.39 Å². The number of hydrogen-bond acceptors (Lipinski definition) is 2. The van der Waals surface area contributed by atoms with Crippen LogP contribution in [0.1, 0.15) is 11.1 Å². The lowest BCUT2D eigenvalue weighted by Crippen LogP contribution is -2.43. The van der Waals surface area contributed by atoms with Crippen molar-refractivity contribution in [2.45, 2.75) is 13.0 Å². The van der Waals surface area contributed by atoms with E-state index in [1.807, 2.05) is 0 Å². The number of likely N-dealkylation sites (N-methyl/N-ethyl adjacent to an activating group) is 1. The number of carbonyl (C=O) groups excluding carboxylic acids is 2. The van der Waals surface area contributed by atoms with Crippen molar-refractivity contribution in [2.75, 3.05) is 20.1 Å². The summed E-state index contributed by atoms with van der Waals surface area (Å²) in [7, 11) is 1.54. The molecule has 4 nitrogen and oxygen atoms in total. The molecule has 0 fully saturated rings. The first-order chi connectivity index (χ1) is 9.93. The van der Waals surface area contributed by atoms with Gasteiger partial charge in [0.1, 0.15) is 5.82 Å². The first-order valence-electron chi connectivity index (χ1n) is 6.55. The molecule has 0 bridgehead atoms. The molecule has 0 atom stereocenters. The van der Waals surface area contributed by atoms with Crippen LogP contribution in [-0.4, -0.2) is 41.8 Å². The van der Waals surface area contributed by atoms with E-state index in [1.165, 1.54) is 18.0 Å². The summed E-state index contributed by atoms with van der Waals surface area (Å²) in [6.45, 7) is 4.10. The molecule has 0 spiro atoms. The minimum absolute atomic E-state index is 0.0319. The van der Waals surface area contributed by atoms with Crippen molar-refractivity contribution in [3.63, 3.8) is 0 Å². The third-order valence-corrected chi connectivity index (χ3v) is 4.32. The monoisotopic (exact) mass is 354 g/mol. The highest BCUT2D eigenvalue weighted by molar-refractivity contribution is 9.10. The Balaban J connectivity index is 2.11. The van der Waals surface area contributed by atoms with E-state index in [4.69, 9.17) is 0 Å². The summed E-state index contributed by atoms with van der Waals surface area (Å²) in [6, 6.07) is 3.08. The zero-order valence-electron chi connectivity index (χ0n) is 11.7. The molecule has 2 rings (SSSR count). The molecule has 0 saturated heterocycles. The van der Waals surface area contributed by atoms with Gasteiger partial charge in [-0.25, -0.2) is 4.39 Å². The van der Waals surface area contributed by atoms with Gasteiger partial charge in [-0.3, -0.25) is 9.59 Å². The van der Waals surface area contributed by atoms with Crippen LogP contribution in [-0.2, 0) is 22.6 Å². The third kappa shape index (κ3) is 3.32. The average Bonchev–Trinajstić information content (AvgIpc) is 2.49. The predicted molar refractivity (Wildman–Crippen MR) is 81.1 cm³/mol. The molecule has 1 aliphatic heterocycles. The molecule has 112 valence electrons. The van der Waals surface area contributed by atoms with Crippen LogP contribution in [0.15, 0.2) is 29.3 Å². The summed E-state index contributed by atoms with van der Waals surface area (Å²) in [4.78, 5) is 26.5. The SMILES string of the molecule is C=CC(=O)N(C)CC(=O)N1CCc2c(Br)ccc(F)c2C1. The topological polar surface area (TPSA) is 40.6 Å². The van der Waals surface area contributed by atoms with Crippen molar-refractivity contribution in [2.24, 2.45) is 0 Å². The van der Waals surface area contributed by atoms with Crippen molar-refractivity contribution < 1.29 is 14.0 Å². The minimum atomic E-state index is -0.310. The molecule has 1 aliphatic rings. The number of nitrogens with zero attached hydrogens (tertiary/aromatic N) is 2. The van der Waals surface area contributed by atoms with Crippen molar-refractivity contribution in [3.8, 4) is 0 Å². The zero-order valence-corrected chi connectivity index (χ0v) is 13.3. The zero-order chi connectivity index (χ0) is 15.6. The van der Waals surface area contributed by atoms with E-state index in [0.29, 0.717) is 18.5 Å². The second-order valence-corrected chi connectivity index (χ2v) is 5.80. The second kappa shape index (κ2) is 6.39. The Labute approximate surface area is 131 Å². The highest BCUT2D eigenvalue weighted by Gasteiger charge is 2.25. The van der Waals surface area contributed by atoms with Gasteiger partial charge in [0.15, 0.2) is 0 Å². The highest BCUT2D eigenvalue weighted by atomic mass is 79.9. The Hall–Kier alpha value is -1.69. The van der Waals surface area contributed by atoms with Gasteiger partial charge in [0.2, 0.25) is 11.8 Å². The normalized spacial score (nSPS) is 13.6. The Morgan fingerprint density at radius 1 is 1.48 bits per heavy atom. The molecule has 0 radical (unpaired) electrons. The van der Waals surface area contributed by atoms with Gasteiger partial charge in [-0.15, -0.1) is 0 Å². The molecule has 1 heterocycles. The molecule has 1 aromatic carbocycles. The second-order valence-electron chi connectivity index (χ2n) is 4.95. The molecule has 0 aromatic heterocycles. The van der Waals surface area contributed by atoms with E-state index < -0.39 is 0 Å². The van der Waals surface area contributed by atoms with Crippen LogP contribution in [0.25, 0.3) is 0 Å². The molecule has 0 saturated carbocycles. The van der Waals surface area contributed by atoms with Crippen LogP contribution in [0, 0.1) is 5.82 Å². The predicted octanol–water partition coefficient (Wildman–Crippen LogP) is 2.12. The fourth-order valence-corrected chi connectivity index (χ4v) is 2.91. The summed E-state index contributed by atoms with van der Waals surface area (Å²) in [5.41, 5.74) is 1.45. The molecule has 0 N–H and O–H groups in total. The summed E-state index contributed by atoms with van der Waals surface area (Å²) in [5, 5.41) is 0. The van der Waals surface area contributed by atoms with E-state index in [1.54, 1.807) is 11.0 Å². The average molecular weight is 355 g/mol. The number of benzene rings is 1. The molecule has 2 amide bonds. The van der Waals surface area contributed by atoms with Crippen LogP contribution in [0.3, 0.4) is 0 Å². The van der Waals surface area contributed by atoms with E-state index in [0.717, 1.165) is 16.1 Å². The lowest BCUT2D eigenvalue weighted by molar-refractivity contribution is -0.137. The molecule has 0 aliphatic carbocycles. The van der Waals surface area contributed by atoms with E-state index in [2.05, 4.69) is 22.5 Å². The molecule has 0 unspecified atom stereocenters. The minimum Gasteiger partial charge on any atom is -0.336 e. The molecule has 21 heavy (non-hydrogen) atoms.